The van der Waals surface area contributed by atoms with Crippen molar-refractivity contribution in [1.29, 1.82) is 0 Å². The lowest BCUT2D eigenvalue weighted by atomic mass is 10.1. The lowest BCUT2D eigenvalue weighted by Crippen LogP contribution is -2.43. The maximum atomic E-state index is 11.0. The minimum atomic E-state index is -1.20. The summed E-state index contributed by atoms with van der Waals surface area (Å²) in [5.41, 5.74) is 0.793. The van der Waals surface area contributed by atoms with Crippen molar-refractivity contribution >= 4 is 12.8 Å². The molecule has 0 aliphatic heterocycles. The Labute approximate surface area is 119 Å². The molecule has 0 aliphatic carbocycles. The second-order valence-electron chi connectivity index (χ2n) is 3.91. The molecule has 0 amide bonds. The van der Waals surface area contributed by atoms with E-state index in [9.17, 15) is 14.7 Å². The predicted molar refractivity (Wildman–Crippen MR) is 66.6 cm³/mol. The van der Waals surface area contributed by atoms with Crippen molar-refractivity contribution in [3.8, 4) is 5.75 Å². The fourth-order valence-corrected chi connectivity index (χ4v) is 1.57. The molecule has 1 rings (SSSR count). The molecule has 21 heavy (non-hydrogen) atoms. The highest BCUT2D eigenvalue weighted by molar-refractivity contribution is 5.58. The van der Waals surface area contributed by atoms with Crippen molar-refractivity contribution in [2.75, 3.05) is 6.61 Å². The highest BCUT2D eigenvalue weighted by Gasteiger charge is 2.14. The lowest BCUT2D eigenvalue weighted by Gasteiger charge is -2.17. The average Bonchev–Trinajstić information content (AvgIpc) is 2.49. The van der Waals surface area contributed by atoms with Gasteiger partial charge in [-0.1, -0.05) is 12.1 Å². The quantitative estimate of drug-likeness (QED) is 0.164. The van der Waals surface area contributed by atoms with E-state index in [0.29, 0.717) is 24.9 Å². The molecule has 2 atom stereocenters. The van der Waals surface area contributed by atoms with Crippen LogP contribution >= 0.6 is 0 Å². The number of hydrogen-bond acceptors (Lipinski definition) is 9. The van der Waals surface area contributed by atoms with Gasteiger partial charge in [0.2, 0.25) is 0 Å². The maximum Gasteiger partial charge on any atom is 0.298 e. The van der Waals surface area contributed by atoms with E-state index in [-0.39, 0.29) is 6.61 Å². The normalized spacial score (nSPS) is 13.4. The van der Waals surface area contributed by atoms with Gasteiger partial charge in [-0.3, -0.25) is 10.1 Å². The molecule has 3 N–H and O–H groups in total. The smallest absolute Gasteiger partial charge is 0.298 e. The monoisotopic (exact) mass is 301 g/mol. The highest BCUT2D eigenvalue weighted by Crippen LogP contribution is 2.12. The molecule has 2 unspecified atom stereocenters. The summed E-state index contributed by atoms with van der Waals surface area (Å²) in [6.07, 6.45) is -0.269. The molecule has 0 heterocycles. The van der Waals surface area contributed by atoms with E-state index in [1.54, 1.807) is 24.3 Å². The topological polar surface area (TPSA) is 124 Å². The summed E-state index contributed by atoms with van der Waals surface area (Å²) < 4.78 is 4.64. The van der Waals surface area contributed by atoms with Crippen LogP contribution in [0.3, 0.4) is 0 Å². The summed E-state index contributed by atoms with van der Waals surface area (Å²) >= 11 is 0. The second kappa shape index (κ2) is 9.94. The molecule has 1 aromatic carbocycles. The number of aldehydes is 1. The third kappa shape index (κ3) is 6.90. The standard InChI is InChI=1S/C12H15NO8/c14-6-10(13-12(16)7-19-21-20-17)5-9-1-3-11(4-2-9)18-8-15/h1-4,6,8,10,12-13,16-17H,5,7H2. The molecule has 0 saturated heterocycles. The molecular formula is C12H15NO8. The third-order valence-corrected chi connectivity index (χ3v) is 2.44. The van der Waals surface area contributed by atoms with Crippen molar-refractivity contribution in [2.45, 2.75) is 18.7 Å². The van der Waals surface area contributed by atoms with Gasteiger partial charge in [-0.15, -0.1) is 0 Å². The Morgan fingerprint density at radius 3 is 2.52 bits per heavy atom. The fraction of sp³-hybridized carbons (Fsp3) is 0.333. The number of aliphatic hydroxyl groups is 1. The van der Waals surface area contributed by atoms with Crippen LogP contribution in [-0.2, 0) is 31.0 Å². The van der Waals surface area contributed by atoms with Crippen LogP contribution in [-0.4, -0.2) is 42.0 Å². The molecule has 9 nitrogen and oxygen atoms in total. The third-order valence-electron chi connectivity index (χ3n) is 2.44. The minimum absolute atomic E-state index is 0.305. The predicted octanol–water partition coefficient (Wildman–Crippen LogP) is -0.407. The van der Waals surface area contributed by atoms with E-state index < -0.39 is 12.3 Å². The van der Waals surface area contributed by atoms with Gasteiger partial charge in [-0.05, 0) is 34.2 Å². The molecule has 0 saturated carbocycles. The van der Waals surface area contributed by atoms with E-state index in [0.717, 1.165) is 5.56 Å². The Bertz CT molecular complexity index is 424. The summed E-state index contributed by atoms with van der Waals surface area (Å²) in [5.74, 6) is 0.388. The van der Waals surface area contributed by atoms with Crippen molar-refractivity contribution in [3.63, 3.8) is 0 Å². The fourth-order valence-electron chi connectivity index (χ4n) is 1.57. The molecule has 1 aromatic rings. The number of carbonyl (C=O) groups is 2. The van der Waals surface area contributed by atoms with Crippen molar-refractivity contribution in [3.05, 3.63) is 29.8 Å². The molecule has 0 bridgehead atoms. The number of nitrogens with one attached hydrogen (secondary N) is 1. The Morgan fingerprint density at radius 1 is 1.24 bits per heavy atom. The van der Waals surface area contributed by atoms with Crippen LogP contribution in [0.2, 0.25) is 0 Å². The Morgan fingerprint density at radius 2 is 1.95 bits per heavy atom. The molecule has 0 fully saturated rings. The Kier molecular flexibility index (Phi) is 8.12. The van der Waals surface area contributed by atoms with Crippen LogP contribution in [0.4, 0.5) is 0 Å². The van der Waals surface area contributed by atoms with Gasteiger partial charge in [0.1, 0.15) is 24.9 Å². The summed E-state index contributed by atoms with van der Waals surface area (Å²) in [6, 6.07) is 5.86. The van der Waals surface area contributed by atoms with Gasteiger partial charge < -0.3 is 14.6 Å². The summed E-state index contributed by atoms with van der Waals surface area (Å²) in [4.78, 5) is 25.4. The zero-order valence-corrected chi connectivity index (χ0v) is 10.9. The van der Waals surface area contributed by atoms with Crippen molar-refractivity contribution < 1.29 is 39.7 Å². The largest absolute Gasteiger partial charge is 0.429 e. The summed E-state index contributed by atoms with van der Waals surface area (Å²) in [7, 11) is 0. The number of rotatable bonds is 11. The van der Waals surface area contributed by atoms with Gasteiger partial charge in [0.05, 0.1) is 6.04 Å². The number of hydrogen-bond donors (Lipinski definition) is 3. The lowest BCUT2D eigenvalue weighted by molar-refractivity contribution is -0.625. The van der Waals surface area contributed by atoms with Gasteiger partial charge in [0.25, 0.3) is 6.47 Å². The van der Waals surface area contributed by atoms with E-state index in [1.807, 2.05) is 0 Å². The molecule has 0 aliphatic rings. The van der Waals surface area contributed by atoms with E-state index in [4.69, 9.17) is 5.26 Å². The van der Waals surface area contributed by atoms with Crippen LogP contribution in [0, 0.1) is 0 Å². The van der Waals surface area contributed by atoms with Crippen LogP contribution in [0.1, 0.15) is 5.56 Å². The number of benzene rings is 1. The molecule has 0 radical (unpaired) electrons. The van der Waals surface area contributed by atoms with Crippen LogP contribution in [0.15, 0.2) is 24.3 Å². The number of aliphatic hydroxyl groups excluding tert-OH is 1. The molecular weight excluding hydrogens is 286 g/mol. The zero-order chi connectivity index (χ0) is 15.5. The van der Waals surface area contributed by atoms with Gasteiger partial charge in [0, 0.05) is 0 Å². The first kappa shape index (κ1) is 17.2. The van der Waals surface area contributed by atoms with Gasteiger partial charge >= 0.3 is 0 Å². The molecule has 0 aromatic heterocycles. The first-order valence-electron chi connectivity index (χ1n) is 5.88. The summed E-state index contributed by atoms with van der Waals surface area (Å²) in [5, 5.41) is 26.8. The SMILES string of the molecule is O=COc1ccc(CC(C=O)NC(O)COOOO)cc1. The van der Waals surface area contributed by atoms with Crippen molar-refractivity contribution in [1.82, 2.24) is 5.32 Å². The van der Waals surface area contributed by atoms with Gasteiger partial charge in [-0.25, -0.2) is 5.26 Å². The first-order valence-corrected chi connectivity index (χ1v) is 5.88. The second-order valence-corrected chi connectivity index (χ2v) is 3.91. The number of ether oxygens (including phenoxy) is 1. The molecule has 0 spiro atoms. The van der Waals surface area contributed by atoms with Crippen LogP contribution in [0.5, 0.6) is 5.75 Å². The minimum Gasteiger partial charge on any atom is -0.429 e. The molecule has 116 valence electrons. The van der Waals surface area contributed by atoms with Crippen molar-refractivity contribution in [2.24, 2.45) is 0 Å². The van der Waals surface area contributed by atoms with Gasteiger partial charge in [-0.2, -0.15) is 4.89 Å². The Balaban J connectivity index is 2.45. The van der Waals surface area contributed by atoms with E-state index >= 15 is 0 Å². The summed E-state index contributed by atoms with van der Waals surface area (Å²) in [6.45, 7) is -0.0453. The number of carbonyl (C=O) groups excluding carboxylic acids is 2. The van der Waals surface area contributed by atoms with Crippen LogP contribution < -0.4 is 10.1 Å². The zero-order valence-electron chi connectivity index (χ0n) is 10.9. The van der Waals surface area contributed by atoms with Crippen LogP contribution in [0.25, 0.3) is 0 Å². The first-order chi connectivity index (χ1) is 10.2. The highest BCUT2D eigenvalue weighted by atomic mass is 17.6. The maximum absolute atomic E-state index is 11.0. The van der Waals surface area contributed by atoms with E-state index in [1.165, 1.54) is 0 Å². The average molecular weight is 301 g/mol. The Hall–Kier alpha value is -1.88. The van der Waals surface area contributed by atoms with E-state index in [2.05, 4.69) is 25.0 Å². The van der Waals surface area contributed by atoms with Gasteiger partial charge in [0.15, 0.2) is 0 Å². The molecule has 9 heteroatoms.